The van der Waals surface area contributed by atoms with Crippen LogP contribution < -0.4 is 4.74 Å². The Bertz CT molecular complexity index is 459. The van der Waals surface area contributed by atoms with Crippen LogP contribution in [0.15, 0.2) is 18.2 Å². The highest BCUT2D eigenvalue weighted by Crippen LogP contribution is 2.27. The number of fused-ring (bicyclic) bond motifs is 1. The van der Waals surface area contributed by atoms with Crippen LogP contribution in [0.4, 0.5) is 0 Å². The van der Waals surface area contributed by atoms with Crippen molar-refractivity contribution >= 4 is 5.78 Å². The van der Waals surface area contributed by atoms with Gasteiger partial charge in [-0.2, -0.15) is 5.26 Å². The van der Waals surface area contributed by atoms with Crippen molar-refractivity contribution in [1.29, 1.82) is 5.26 Å². The van der Waals surface area contributed by atoms with Crippen LogP contribution in [0.5, 0.6) is 5.75 Å². The molecule has 1 unspecified atom stereocenters. The molecule has 2 rings (SSSR count). The molecule has 1 aromatic carbocycles. The van der Waals surface area contributed by atoms with Crippen LogP contribution in [-0.4, -0.2) is 12.4 Å². The maximum absolute atomic E-state index is 11.9. The van der Waals surface area contributed by atoms with Crippen LogP contribution in [0.1, 0.15) is 29.3 Å². The zero-order chi connectivity index (χ0) is 11.5. The molecule has 0 bridgehead atoms. The molecule has 0 saturated carbocycles. The molecule has 0 spiro atoms. The Labute approximate surface area is 94.6 Å². The van der Waals surface area contributed by atoms with Crippen molar-refractivity contribution < 1.29 is 9.53 Å². The quantitative estimate of drug-likeness (QED) is 0.727. The molecule has 1 heterocycles. The van der Waals surface area contributed by atoms with Gasteiger partial charge in [0, 0.05) is 12.0 Å². The third kappa shape index (κ3) is 1.79. The van der Waals surface area contributed by atoms with E-state index in [1.165, 1.54) is 0 Å². The number of nitriles is 1. The summed E-state index contributed by atoms with van der Waals surface area (Å²) in [6.07, 6.45) is 1.41. The van der Waals surface area contributed by atoms with E-state index in [2.05, 4.69) is 0 Å². The first-order chi connectivity index (χ1) is 7.76. The van der Waals surface area contributed by atoms with Gasteiger partial charge in [0.1, 0.15) is 11.7 Å². The maximum Gasteiger partial charge on any atom is 0.179 e. The summed E-state index contributed by atoms with van der Waals surface area (Å²) >= 11 is 0. The zero-order valence-corrected chi connectivity index (χ0v) is 9.19. The highest BCUT2D eigenvalue weighted by molar-refractivity contribution is 5.99. The van der Waals surface area contributed by atoms with Gasteiger partial charge in [0.05, 0.1) is 12.7 Å². The summed E-state index contributed by atoms with van der Waals surface area (Å²) in [7, 11) is 0. The second kappa shape index (κ2) is 4.36. The number of hydrogen-bond acceptors (Lipinski definition) is 3. The molecule has 1 atom stereocenters. The number of carbonyl (C=O) groups excluding carboxylic acids is 1. The second-order valence-electron chi connectivity index (χ2n) is 3.88. The van der Waals surface area contributed by atoms with E-state index in [1.807, 2.05) is 25.1 Å². The van der Waals surface area contributed by atoms with E-state index < -0.39 is 5.92 Å². The maximum atomic E-state index is 11.9. The number of ketones is 1. The average molecular weight is 215 g/mol. The molecule has 1 aliphatic rings. The van der Waals surface area contributed by atoms with Crippen molar-refractivity contribution in [3.63, 3.8) is 0 Å². The van der Waals surface area contributed by atoms with Gasteiger partial charge in [-0.25, -0.2) is 0 Å². The van der Waals surface area contributed by atoms with Gasteiger partial charge in [-0.3, -0.25) is 4.79 Å². The van der Waals surface area contributed by atoms with Gasteiger partial charge in [0.15, 0.2) is 5.78 Å². The first kappa shape index (κ1) is 10.7. The predicted molar refractivity (Wildman–Crippen MR) is 59.4 cm³/mol. The first-order valence-electron chi connectivity index (χ1n) is 5.45. The van der Waals surface area contributed by atoms with Crippen molar-refractivity contribution in [2.75, 3.05) is 6.61 Å². The minimum Gasteiger partial charge on any atom is -0.493 e. The molecule has 0 radical (unpaired) electrons. The number of ether oxygens (including phenoxy) is 1. The summed E-state index contributed by atoms with van der Waals surface area (Å²) in [5.74, 6) is 0.252. The van der Waals surface area contributed by atoms with Crippen LogP contribution in [0.3, 0.4) is 0 Å². The molecule has 16 heavy (non-hydrogen) atoms. The molecule has 3 nitrogen and oxygen atoms in total. The van der Waals surface area contributed by atoms with E-state index >= 15 is 0 Å². The van der Waals surface area contributed by atoms with Crippen LogP contribution in [0.2, 0.25) is 0 Å². The summed E-state index contributed by atoms with van der Waals surface area (Å²) in [4.78, 5) is 11.9. The Morgan fingerprint density at radius 2 is 2.44 bits per heavy atom. The van der Waals surface area contributed by atoms with E-state index in [-0.39, 0.29) is 5.78 Å². The molecule has 82 valence electrons. The SMILES string of the molecule is CCC(C#N)C(=O)c1ccc2c(c1)CCO2. The lowest BCUT2D eigenvalue weighted by atomic mass is 9.95. The molecule has 0 amide bonds. The number of nitrogens with zero attached hydrogens (tertiary/aromatic N) is 1. The lowest BCUT2D eigenvalue weighted by Gasteiger charge is -2.06. The van der Waals surface area contributed by atoms with E-state index in [9.17, 15) is 4.79 Å². The molecule has 1 aliphatic heterocycles. The molecule has 3 heteroatoms. The molecule has 1 aromatic rings. The zero-order valence-electron chi connectivity index (χ0n) is 9.19. The fourth-order valence-electron chi connectivity index (χ4n) is 1.88. The van der Waals surface area contributed by atoms with Crippen molar-refractivity contribution in [3.05, 3.63) is 29.3 Å². The van der Waals surface area contributed by atoms with Gasteiger partial charge in [0.25, 0.3) is 0 Å². The largest absolute Gasteiger partial charge is 0.493 e. The third-order valence-corrected chi connectivity index (χ3v) is 2.85. The van der Waals surface area contributed by atoms with Crippen LogP contribution in [0, 0.1) is 17.2 Å². The Morgan fingerprint density at radius 3 is 3.12 bits per heavy atom. The van der Waals surface area contributed by atoms with Gasteiger partial charge < -0.3 is 4.74 Å². The lowest BCUT2D eigenvalue weighted by molar-refractivity contribution is 0.0946. The van der Waals surface area contributed by atoms with Gasteiger partial charge in [0.2, 0.25) is 0 Å². The average Bonchev–Trinajstić information content (AvgIpc) is 2.77. The number of carbonyl (C=O) groups is 1. The Morgan fingerprint density at radius 1 is 1.62 bits per heavy atom. The number of rotatable bonds is 3. The fourth-order valence-corrected chi connectivity index (χ4v) is 1.88. The van der Waals surface area contributed by atoms with Crippen molar-refractivity contribution in [2.45, 2.75) is 19.8 Å². The van der Waals surface area contributed by atoms with E-state index in [4.69, 9.17) is 10.00 Å². The second-order valence-corrected chi connectivity index (χ2v) is 3.88. The summed E-state index contributed by atoms with van der Waals surface area (Å²) in [5.41, 5.74) is 1.69. The fraction of sp³-hybridized carbons (Fsp3) is 0.385. The van der Waals surface area contributed by atoms with Crippen LogP contribution in [-0.2, 0) is 6.42 Å². The van der Waals surface area contributed by atoms with Crippen molar-refractivity contribution in [1.82, 2.24) is 0 Å². The Kier molecular flexibility index (Phi) is 2.91. The summed E-state index contributed by atoms with van der Waals surface area (Å²) in [6, 6.07) is 7.45. The molecule has 0 saturated heterocycles. The number of Topliss-reactive ketones (excluding diaryl/α,β-unsaturated/α-hetero) is 1. The topological polar surface area (TPSA) is 50.1 Å². The van der Waals surface area contributed by atoms with E-state index in [1.54, 1.807) is 6.07 Å². The van der Waals surface area contributed by atoms with E-state index in [0.29, 0.717) is 18.6 Å². The summed E-state index contributed by atoms with van der Waals surface area (Å²) in [6.45, 7) is 2.53. The smallest absolute Gasteiger partial charge is 0.179 e. The summed E-state index contributed by atoms with van der Waals surface area (Å²) in [5, 5.41) is 8.86. The van der Waals surface area contributed by atoms with Crippen molar-refractivity contribution in [2.24, 2.45) is 5.92 Å². The van der Waals surface area contributed by atoms with Gasteiger partial charge >= 0.3 is 0 Å². The Hall–Kier alpha value is -1.82. The minimum absolute atomic E-state index is 0.0836. The number of hydrogen-bond donors (Lipinski definition) is 0. The highest BCUT2D eigenvalue weighted by Gasteiger charge is 2.20. The van der Waals surface area contributed by atoms with E-state index in [0.717, 1.165) is 17.7 Å². The van der Waals surface area contributed by atoms with Gasteiger partial charge in [-0.05, 0) is 30.2 Å². The number of benzene rings is 1. The first-order valence-corrected chi connectivity index (χ1v) is 5.45. The van der Waals surface area contributed by atoms with Crippen LogP contribution >= 0.6 is 0 Å². The third-order valence-electron chi connectivity index (χ3n) is 2.85. The highest BCUT2D eigenvalue weighted by atomic mass is 16.5. The van der Waals surface area contributed by atoms with Gasteiger partial charge in [-0.15, -0.1) is 0 Å². The predicted octanol–water partition coefficient (Wildman–Crippen LogP) is 2.35. The molecule has 0 fully saturated rings. The minimum atomic E-state index is -0.527. The normalized spacial score (nSPS) is 14.8. The Balaban J connectivity index is 2.28. The summed E-state index contributed by atoms with van der Waals surface area (Å²) < 4.78 is 5.37. The molecular formula is C13H13NO2. The standard InChI is InChI=1S/C13H13NO2/c1-2-9(8-14)13(15)11-3-4-12-10(7-11)5-6-16-12/h3-4,7,9H,2,5-6H2,1H3. The molecule has 0 N–H and O–H groups in total. The lowest BCUT2D eigenvalue weighted by Crippen LogP contribution is -2.11. The molecule has 0 aliphatic carbocycles. The molecule has 0 aromatic heterocycles. The van der Waals surface area contributed by atoms with Crippen molar-refractivity contribution in [3.8, 4) is 11.8 Å². The monoisotopic (exact) mass is 215 g/mol. The van der Waals surface area contributed by atoms with Crippen LogP contribution in [0.25, 0.3) is 0 Å². The molecular weight excluding hydrogens is 202 g/mol. The van der Waals surface area contributed by atoms with Gasteiger partial charge in [-0.1, -0.05) is 6.92 Å².